The third kappa shape index (κ3) is 3.31. The van der Waals surface area contributed by atoms with Crippen molar-refractivity contribution in [3.8, 4) is 0 Å². The van der Waals surface area contributed by atoms with Gasteiger partial charge in [0.05, 0.1) is 5.52 Å². The second-order valence-corrected chi connectivity index (χ2v) is 4.62. The molecule has 0 saturated heterocycles. The number of aromatic nitrogens is 1. The number of fused-ring (bicyclic) bond motifs is 1. The number of halogens is 3. The Bertz CT molecular complexity index is 661. The Morgan fingerprint density at radius 2 is 1.95 bits per heavy atom. The Balaban J connectivity index is 2.18. The molecule has 0 aliphatic rings. The number of alkyl halides is 3. The molecule has 0 atom stereocenters. The summed E-state index contributed by atoms with van der Waals surface area (Å²) in [5, 5.41) is 3.74. The lowest BCUT2D eigenvalue weighted by atomic mass is 10.1. The number of para-hydroxylation sites is 1. The summed E-state index contributed by atoms with van der Waals surface area (Å²) in [6, 6.07) is 8.69. The molecule has 0 bridgehead atoms. The van der Waals surface area contributed by atoms with E-state index in [1.54, 1.807) is 13.1 Å². The minimum atomic E-state index is -4.14. The zero-order valence-electron chi connectivity index (χ0n) is 11.0. The van der Waals surface area contributed by atoms with Crippen LogP contribution in [0.15, 0.2) is 35.1 Å². The minimum Gasteiger partial charge on any atom is -0.384 e. The maximum absolute atomic E-state index is 12.1. The maximum Gasteiger partial charge on any atom is 0.389 e. The lowest BCUT2D eigenvalue weighted by Crippen LogP contribution is -2.18. The van der Waals surface area contributed by atoms with Gasteiger partial charge in [0, 0.05) is 37.2 Å². The smallest absolute Gasteiger partial charge is 0.384 e. The van der Waals surface area contributed by atoms with Gasteiger partial charge in [0.2, 0.25) is 0 Å². The number of aryl methyl sites for hydroxylation is 1. The molecular weight excluding hydrogens is 269 g/mol. The number of hydrogen-bond donors (Lipinski definition) is 1. The average molecular weight is 284 g/mol. The van der Waals surface area contributed by atoms with Gasteiger partial charge in [-0.25, -0.2) is 0 Å². The third-order valence-corrected chi connectivity index (χ3v) is 3.11. The predicted molar refractivity (Wildman–Crippen MR) is 73.0 cm³/mol. The van der Waals surface area contributed by atoms with Gasteiger partial charge in [-0.3, -0.25) is 4.79 Å². The molecule has 1 N–H and O–H groups in total. The van der Waals surface area contributed by atoms with Crippen LogP contribution in [0.4, 0.5) is 18.9 Å². The minimum absolute atomic E-state index is 0.0208. The van der Waals surface area contributed by atoms with Crippen molar-refractivity contribution < 1.29 is 13.2 Å². The molecule has 3 nitrogen and oxygen atoms in total. The van der Waals surface area contributed by atoms with Gasteiger partial charge in [-0.05, 0) is 12.5 Å². The molecule has 1 aromatic carbocycles. The van der Waals surface area contributed by atoms with Crippen molar-refractivity contribution in [3.63, 3.8) is 0 Å². The Morgan fingerprint density at radius 1 is 1.25 bits per heavy atom. The van der Waals surface area contributed by atoms with E-state index < -0.39 is 12.6 Å². The van der Waals surface area contributed by atoms with Crippen molar-refractivity contribution in [1.29, 1.82) is 0 Å². The zero-order chi connectivity index (χ0) is 14.8. The lowest BCUT2D eigenvalue weighted by Gasteiger charge is -2.12. The Morgan fingerprint density at radius 3 is 2.65 bits per heavy atom. The molecule has 0 unspecified atom stereocenters. The molecule has 0 aliphatic heterocycles. The van der Waals surface area contributed by atoms with Crippen molar-refractivity contribution in [2.75, 3.05) is 11.9 Å². The van der Waals surface area contributed by atoms with Crippen LogP contribution in [0.5, 0.6) is 0 Å². The molecule has 0 radical (unpaired) electrons. The van der Waals surface area contributed by atoms with Crippen molar-refractivity contribution in [2.24, 2.45) is 7.05 Å². The van der Waals surface area contributed by atoms with E-state index in [1.807, 2.05) is 18.2 Å². The van der Waals surface area contributed by atoms with Gasteiger partial charge in [0.1, 0.15) is 0 Å². The second-order valence-electron chi connectivity index (χ2n) is 4.62. The fourth-order valence-electron chi connectivity index (χ4n) is 2.07. The number of rotatable bonds is 4. The molecule has 20 heavy (non-hydrogen) atoms. The van der Waals surface area contributed by atoms with Crippen molar-refractivity contribution in [1.82, 2.24) is 4.57 Å². The summed E-state index contributed by atoms with van der Waals surface area (Å²) >= 11 is 0. The van der Waals surface area contributed by atoms with E-state index in [0.717, 1.165) is 10.9 Å². The largest absolute Gasteiger partial charge is 0.389 e. The van der Waals surface area contributed by atoms with Crippen molar-refractivity contribution in [3.05, 3.63) is 40.7 Å². The highest BCUT2D eigenvalue weighted by molar-refractivity contribution is 5.91. The van der Waals surface area contributed by atoms with Gasteiger partial charge in [0.25, 0.3) is 5.56 Å². The van der Waals surface area contributed by atoms with Crippen LogP contribution in [0.1, 0.15) is 12.8 Å². The number of pyridine rings is 1. The van der Waals surface area contributed by atoms with E-state index in [2.05, 4.69) is 5.32 Å². The van der Waals surface area contributed by atoms with Gasteiger partial charge in [-0.2, -0.15) is 13.2 Å². The third-order valence-electron chi connectivity index (χ3n) is 3.11. The van der Waals surface area contributed by atoms with E-state index in [-0.39, 0.29) is 18.5 Å². The summed E-state index contributed by atoms with van der Waals surface area (Å²) in [4.78, 5) is 11.8. The molecule has 0 amide bonds. The first-order valence-electron chi connectivity index (χ1n) is 6.28. The molecule has 1 heterocycles. The molecule has 0 spiro atoms. The first-order valence-corrected chi connectivity index (χ1v) is 6.28. The number of benzene rings is 1. The number of anilines is 1. The molecule has 0 fully saturated rings. The first-order chi connectivity index (χ1) is 9.38. The van der Waals surface area contributed by atoms with E-state index >= 15 is 0 Å². The summed E-state index contributed by atoms with van der Waals surface area (Å²) in [7, 11) is 1.66. The van der Waals surface area contributed by atoms with Gasteiger partial charge in [-0.15, -0.1) is 0 Å². The van der Waals surface area contributed by atoms with E-state index in [9.17, 15) is 18.0 Å². The first kappa shape index (κ1) is 14.4. The number of hydrogen-bond acceptors (Lipinski definition) is 2. The molecule has 2 aromatic rings. The summed E-state index contributed by atoms with van der Waals surface area (Å²) in [6.45, 7) is 0.177. The topological polar surface area (TPSA) is 34.0 Å². The summed E-state index contributed by atoms with van der Waals surface area (Å²) in [5.41, 5.74) is 1.13. The molecule has 2 rings (SSSR count). The molecule has 6 heteroatoms. The predicted octanol–water partition coefficient (Wildman–Crippen LogP) is 3.29. The van der Waals surface area contributed by atoms with Gasteiger partial charge in [0.15, 0.2) is 0 Å². The summed E-state index contributed by atoms with van der Waals surface area (Å²) < 4.78 is 37.7. The lowest BCUT2D eigenvalue weighted by molar-refractivity contribution is -0.134. The maximum atomic E-state index is 12.1. The fourth-order valence-corrected chi connectivity index (χ4v) is 2.07. The van der Waals surface area contributed by atoms with Crippen LogP contribution in [-0.2, 0) is 7.05 Å². The van der Waals surface area contributed by atoms with Crippen molar-refractivity contribution >= 4 is 16.6 Å². The van der Waals surface area contributed by atoms with Crippen LogP contribution in [-0.4, -0.2) is 17.3 Å². The van der Waals surface area contributed by atoms with Crippen molar-refractivity contribution in [2.45, 2.75) is 19.0 Å². The Labute approximate surface area is 114 Å². The molecule has 0 saturated carbocycles. The summed E-state index contributed by atoms with van der Waals surface area (Å²) in [5.74, 6) is 0. The SMILES string of the molecule is Cn1c(=O)cc(NCCCC(F)(F)F)c2ccccc21. The van der Waals surface area contributed by atoms with Crippen LogP contribution >= 0.6 is 0 Å². The zero-order valence-corrected chi connectivity index (χ0v) is 11.0. The summed E-state index contributed by atoms with van der Waals surface area (Å²) in [6.07, 6.45) is -4.99. The molecule has 108 valence electrons. The molecule has 0 aliphatic carbocycles. The second kappa shape index (κ2) is 5.56. The quantitative estimate of drug-likeness (QED) is 0.874. The van der Waals surface area contributed by atoms with Crippen LogP contribution in [0, 0.1) is 0 Å². The van der Waals surface area contributed by atoms with Crippen LogP contribution in [0.25, 0.3) is 10.9 Å². The van der Waals surface area contributed by atoms with Crippen LogP contribution in [0.2, 0.25) is 0 Å². The highest BCUT2D eigenvalue weighted by Crippen LogP contribution is 2.23. The highest BCUT2D eigenvalue weighted by atomic mass is 19.4. The normalized spacial score (nSPS) is 11.8. The number of nitrogens with zero attached hydrogens (tertiary/aromatic N) is 1. The van der Waals surface area contributed by atoms with E-state index in [4.69, 9.17) is 0 Å². The standard InChI is InChI=1S/C14H15F3N2O/c1-19-12-6-3-2-5-10(12)11(9-13(19)20)18-8-4-7-14(15,16)17/h2-3,5-6,9,18H,4,7-8H2,1H3. The van der Waals surface area contributed by atoms with Gasteiger partial charge >= 0.3 is 6.18 Å². The number of nitrogens with one attached hydrogen (secondary N) is 1. The molecule has 1 aromatic heterocycles. The van der Waals surface area contributed by atoms with E-state index in [0.29, 0.717) is 5.69 Å². The van der Waals surface area contributed by atoms with Gasteiger partial charge in [-0.1, -0.05) is 18.2 Å². The van der Waals surface area contributed by atoms with Crippen LogP contribution < -0.4 is 10.9 Å². The van der Waals surface area contributed by atoms with E-state index in [1.165, 1.54) is 10.6 Å². The highest BCUT2D eigenvalue weighted by Gasteiger charge is 2.25. The fraction of sp³-hybridized carbons (Fsp3) is 0.357. The average Bonchev–Trinajstić information content (AvgIpc) is 2.39. The van der Waals surface area contributed by atoms with Gasteiger partial charge < -0.3 is 9.88 Å². The van der Waals surface area contributed by atoms with Crippen LogP contribution in [0.3, 0.4) is 0 Å². The molecular formula is C14H15F3N2O. The Hall–Kier alpha value is -1.98. The Kier molecular flexibility index (Phi) is 4.01. The monoisotopic (exact) mass is 284 g/mol.